The smallest absolute Gasteiger partial charge is 0.205 e. The minimum atomic E-state index is -0.745. The molecule has 0 aliphatic carbocycles. The zero-order chi connectivity index (χ0) is 14.9. The molecule has 1 saturated heterocycles. The second kappa shape index (κ2) is 6.39. The highest BCUT2D eigenvalue weighted by Gasteiger charge is 2.42. The molecule has 0 spiro atoms. The van der Waals surface area contributed by atoms with Crippen LogP contribution >= 0.6 is 43.5 Å². The molecule has 5 heteroatoms. The van der Waals surface area contributed by atoms with Crippen molar-refractivity contribution in [2.24, 2.45) is 0 Å². The van der Waals surface area contributed by atoms with E-state index in [-0.39, 0.29) is 6.10 Å². The molecular formula is C16H13Br2ClO2. The van der Waals surface area contributed by atoms with E-state index in [1.165, 1.54) is 0 Å². The molecule has 0 saturated carbocycles. The lowest BCUT2D eigenvalue weighted by atomic mass is 10.1. The highest BCUT2D eigenvalue weighted by atomic mass is 79.9. The Kier molecular flexibility index (Phi) is 4.71. The summed E-state index contributed by atoms with van der Waals surface area (Å²) in [6.45, 7) is 0.517. The average molecular weight is 433 g/mol. The summed E-state index contributed by atoms with van der Waals surface area (Å²) in [7, 11) is 0. The number of hydrogen-bond acceptors (Lipinski definition) is 2. The van der Waals surface area contributed by atoms with E-state index in [0.29, 0.717) is 11.9 Å². The Morgan fingerprint density at radius 3 is 2.38 bits per heavy atom. The molecule has 1 aliphatic rings. The first kappa shape index (κ1) is 15.5. The Morgan fingerprint density at radius 2 is 1.76 bits per heavy atom. The van der Waals surface area contributed by atoms with Crippen LogP contribution in [0.25, 0.3) is 0 Å². The molecule has 2 atom stereocenters. The lowest BCUT2D eigenvalue weighted by Crippen LogP contribution is -2.29. The fraction of sp³-hybridized carbons (Fsp3) is 0.250. The first-order chi connectivity index (χ1) is 10.1. The summed E-state index contributed by atoms with van der Waals surface area (Å²) in [5.74, 6) is -0.745. The fourth-order valence-electron chi connectivity index (χ4n) is 2.35. The molecule has 0 aromatic heterocycles. The average Bonchev–Trinajstić information content (AvgIpc) is 2.94. The molecule has 2 aromatic rings. The van der Waals surface area contributed by atoms with Gasteiger partial charge in [-0.15, -0.1) is 0 Å². The lowest BCUT2D eigenvalue weighted by Gasteiger charge is -2.26. The maximum Gasteiger partial charge on any atom is 0.205 e. The molecule has 0 radical (unpaired) electrons. The van der Waals surface area contributed by atoms with Gasteiger partial charge in [-0.25, -0.2) is 0 Å². The minimum absolute atomic E-state index is 0.0940. The zero-order valence-electron chi connectivity index (χ0n) is 11.1. The van der Waals surface area contributed by atoms with Crippen molar-refractivity contribution < 1.29 is 9.47 Å². The summed E-state index contributed by atoms with van der Waals surface area (Å²) >= 11 is 12.9. The first-order valence-electron chi connectivity index (χ1n) is 6.52. The van der Waals surface area contributed by atoms with Crippen molar-refractivity contribution in [3.63, 3.8) is 0 Å². The topological polar surface area (TPSA) is 18.5 Å². The van der Waals surface area contributed by atoms with Crippen LogP contribution in [0.1, 0.15) is 17.2 Å². The highest BCUT2D eigenvalue weighted by molar-refractivity contribution is 9.10. The molecular weight excluding hydrogens is 419 g/mol. The number of rotatable bonds is 3. The van der Waals surface area contributed by atoms with E-state index < -0.39 is 5.79 Å². The molecule has 1 aliphatic heterocycles. The Hall–Kier alpha value is -0.390. The summed E-state index contributed by atoms with van der Waals surface area (Å²) in [4.78, 5) is 0. The van der Waals surface area contributed by atoms with Gasteiger partial charge in [0.25, 0.3) is 0 Å². The van der Waals surface area contributed by atoms with E-state index in [2.05, 4.69) is 31.9 Å². The SMILES string of the molecule is Clc1ccc([C@@H]2CO[C@](CBr)(c3ccc(Br)cc3)O2)cc1. The maximum atomic E-state index is 6.22. The molecule has 1 heterocycles. The summed E-state index contributed by atoms with van der Waals surface area (Å²) in [5.41, 5.74) is 2.07. The number of benzene rings is 2. The normalized spacial score (nSPS) is 25.2. The Balaban J connectivity index is 1.85. The van der Waals surface area contributed by atoms with Crippen LogP contribution in [0, 0.1) is 0 Å². The number of ether oxygens (including phenoxy) is 2. The van der Waals surface area contributed by atoms with Crippen molar-refractivity contribution in [2.75, 3.05) is 11.9 Å². The number of alkyl halides is 1. The molecule has 0 N–H and O–H groups in total. The van der Waals surface area contributed by atoms with Gasteiger partial charge >= 0.3 is 0 Å². The van der Waals surface area contributed by atoms with Crippen LogP contribution in [0.15, 0.2) is 53.0 Å². The third kappa shape index (κ3) is 3.20. The van der Waals surface area contributed by atoms with Gasteiger partial charge in [-0.1, -0.05) is 67.7 Å². The standard InChI is InChI=1S/C16H13Br2ClO2/c17-10-16(12-3-5-13(18)6-4-12)20-9-15(21-16)11-1-7-14(19)8-2-11/h1-8,15H,9-10H2/t15-,16-/m0/s1. The van der Waals surface area contributed by atoms with Gasteiger partial charge in [0.2, 0.25) is 5.79 Å². The summed E-state index contributed by atoms with van der Waals surface area (Å²) in [6, 6.07) is 15.7. The summed E-state index contributed by atoms with van der Waals surface area (Å²) in [6.07, 6.45) is -0.0940. The largest absolute Gasteiger partial charge is 0.342 e. The highest BCUT2D eigenvalue weighted by Crippen LogP contribution is 2.42. The van der Waals surface area contributed by atoms with Crippen molar-refractivity contribution in [3.05, 3.63) is 69.2 Å². The van der Waals surface area contributed by atoms with Crippen molar-refractivity contribution in [3.8, 4) is 0 Å². The Bertz CT molecular complexity index is 615. The van der Waals surface area contributed by atoms with Crippen LogP contribution in [0.4, 0.5) is 0 Å². The summed E-state index contributed by atoms with van der Waals surface area (Å²) < 4.78 is 13.2. The van der Waals surface area contributed by atoms with E-state index in [0.717, 1.165) is 20.6 Å². The molecule has 2 aromatic carbocycles. The van der Waals surface area contributed by atoms with Crippen LogP contribution in [0.3, 0.4) is 0 Å². The van der Waals surface area contributed by atoms with E-state index in [9.17, 15) is 0 Å². The Morgan fingerprint density at radius 1 is 1.10 bits per heavy atom. The molecule has 0 unspecified atom stereocenters. The molecule has 21 heavy (non-hydrogen) atoms. The predicted molar refractivity (Wildman–Crippen MR) is 90.8 cm³/mol. The van der Waals surface area contributed by atoms with Gasteiger partial charge in [-0.2, -0.15) is 0 Å². The molecule has 110 valence electrons. The van der Waals surface area contributed by atoms with Gasteiger partial charge < -0.3 is 9.47 Å². The lowest BCUT2D eigenvalue weighted by molar-refractivity contribution is -0.157. The quantitative estimate of drug-likeness (QED) is 0.602. The predicted octanol–water partition coefficient (Wildman–Crippen LogP) is 5.44. The molecule has 1 fully saturated rings. The van der Waals surface area contributed by atoms with Gasteiger partial charge in [-0.05, 0) is 29.8 Å². The van der Waals surface area contributed by atoms with Gasteiger partial charge in [0.05, 0.1) is 11.9 Å². The third-order valence-electron chi connectivity index (χ3n) is 3.50. The number of halogens is 3. The van der Waals surface area contributed by atoms with E-state index >= 15 is 0 Å². The van der Waals surface area contributed by atoms with Crippen molar-refractivity contribution in [1.82, 2.24) is 0 Å². The summed E-state index contributed by atoms with van der Waals surface area (Å²) in [5, 5.41) is 1.29. The van der Waals surface area contributed by atoms with Crippen molar-refractivity contribution >= 4 is 43.5 Å². The van der Waals surface area contributed by atoms with E-state index in [1.54, 1.807) is 0 Å². The van der Waals surface area contributed by atoms with Crippen LogP contribution in [-0.4, -0.2) is 11.9 Å². The molecule has 2 nitrogen and oxygen atoms in total. The van der Waals surface area contributed by atoms with E-state index in [4.69, 9.17) is 21.1 Å². The third-order valence-corrected chi connectivity index (χ3v) is 5.02. The second-order valence-electron chi connectivity index (χ2n) is 4.86. The first-order valence-corrected chi connectivity index (χ1v) is 8.81. The fourth-order valence-corrected chi connectivity index (χ4v) is 3.36. The van der Waals surface area contributed by atoms with Crippen LogP contribution in [-0.2, 0) is 15.3 Å². The van der Waals surface area contributed by atoms with E-state index in [1.807, 2.05) is 48.5 Å². The second-order valence-corrected chi connectivity index (χ2v) is 6.78. The van der Waals surface area contributed by atoms with Crippen molar-refractivity contribution in [2.45, 2.75) is 11.9 Å². The van der Waals surface area contributed by atoms with Gasteiger partial charge in [0.1, 0.15) is 6.10 Å². The van der Waals surface area contributed by atoms with Crippen LogP contribution in [0.5, 0.6) is 0 Å². The van der Waals surface area contributed by atoms with Crippen molar-refractivity contribution in [1.29, 1.82) is 0 Å². The van der Waals surface area contributed by atoms with Crippen LogP contribution in [0.2, 0.25) is 5.02 Å². The molecule has 0 amide bonds. The monoisotopic (exact) mass is 430 g/mol. The zero-order valence-corrected chi connectivity index (χ0v) is 15.0. The van der Waals surface area contributed by atoms with Gasteiger partial charge in [-0.3, -0.25) is 0 Å². The molecule has 0 bridgehead atoms. The van der Waals surface area contributed by atoms with Gasteiger partial charge in [0, 0.05) is 15.1 Å². The molecule has 3 rings (SSSR count). The van der Waals surface area contributed by atoms with Gasteiger partial charge in [0.15, 0.2) is 0 Å². The Labute approximate surface area is 145 Å². The maximum absolute atomic E-state index is 6.22. The number of hydrogen-bond donors (Lipinski definition) is 0. The van der Waals surface area contributed by atoms with Crippen LogP contribution < -0.4 is 0 Å². The minimum Gasteiger partial charge on any atom is -0.342 e.